The Hall–Kier alpha value is -1.78. The number of nitrogens with zero attached hydrogens (tertiary/aromatic N) is 2. The van der Waals surface area contributed by atoms with Gasteiger partial charge in [0.25, 0.3) is 5.91 Å². The van der Waals surface area contributed by atoms with Gasteiger partial charge in [-0.2, -0.15) is 0 Å². The Kier molecular flexibility index (Phi) is 3.99. The molecule has 1 aromatic carbocycles. The number of amides is 1. The van der Waals surface area contributed by atoms with Crippen molar-refractivity contribution in [1.82, 2.24) is 4.98 Å². The molecule has 0 unspecified atom stereocenters. The molecule has 0 atom stereocenters. The fourth-order valence-electron chi connectivity index (χ4n) is 2.26. The summed E-state index contributed by atoms with van der Waals surface area (Å²) < 4.78 is 5.65. The number of benzene rings is 1. The van der Waals surface area contributed by atoms with E-state index in [-0.39, 0.29) is 16.2 Å². The highest BCUT2D eigenvalue weighted by Gasteiger charge is 2.25. The summed E-state index contributed by atoms with van der Waals surface area (Å²) in [5.41, 5.74) is 1.07. The maximum atomic E-state index is 12.8. The van der Waals surface area contributed by atoms with Gasteiger partial charge in [-0.25, -0.2) is 4.98 Å². The van der Waals surface area contributed by atoms with Crippen LogP contribution in [0.15, 0.2) is 36.4 Å². The minimum absolute atomic E-state index is 0.107. The van der Waals surface area contributed by atoms with Crippen LogP contribution in [0.4, 0.5) is 5.69 Å². The van der Waals surface area contributed by atoms with Crippen LogP contribution in [-0.2, 0) is 0 Å². The van der Waals surface area contributed by atoms with Crippen molar-refractivity contribution in [3.63, 3.8) is 0 Å². The normalized spacial score (nSPS) is 14.1. The minimum atomic E-state index is -0.206. The largest absolute Gasteiger partial charge is 0.491 e. The molecule has 6 heteroatoms. The molecular weight excluding hydrogens is 311 g/mol. The number of hydrogen-bond acceptors (Lipinski definition) is 3. The summed E-state index contributed by atoms with van der Waals surface area (Å²) in [5.74, 6) is 0.489. The van der Waals surface area contributed by atoms with Crippen LogP contribution in [0.25, 0.3) is 0 Å². The Bertz CT molecular complexity index is 691. The number of aromatic nitrogens is 1. The molecule has 0 spiro atoms. The highest BCUT2D eigenvalue weighted by Crippen LogP contribution is 2.32. The molecule has 3 rings (SSSR count). The highest BCUT2D eigenvalue weighted by atomic mass is 35.5. The number of carbonyl (C=O) groups excluding carboxylic acids is 1. The van der Waals surface area contributed by atoms with E-state index in [4.69, 9.17) is 27.9 Å². The minimum Gasteiger partial charge on any atom is -0.491 e. The number of pyridine rings is 1. The molecule has 4 nitrogen and oxygen atoms in total. The molecule has 0 fully saturated rings. The van der Waals surface area contributed by atoms with Gasteiger partial charge in [0.05, 0.1) is 17.9 Å². The smallest absolute Gasteiger partial charge is 0.261 e. The van der Waals surface area contributed by atoms with Crippen molar-refractivity contribution < 1.29 is 9.53 Å². The van der Waals surface area contributed by atoms with Gasteiger partial charge in [-0.15, -0.1) is 0 Å². The van der Waals surface area contributed by atoms with E-state index in [0.29, 0.717) is 24.5 Å². The standard InChI is InChI=1S/C15H12Cl2N2O2/c16-13-7-6-10(14(17)18-13)15(20)19-8-3-9-21-12-5-2-1-4-11(12)19/h1-2,4-7H,3,8-9H2. The monoisotopic (exact) mass is 322 g/mol. The van der Waals surface area contributed by atoms with Crippen LogP contribution in [0.1, 0.15) is 16.8 Å². The molecule has 1 aromatic heterocycles. The third kappa shape index (κ3) is 2.82. The topological polar surface area (TPSA) is 42.4 Å². The molecule has 21 heavy (non-hydrogen) atoms. The summed E-state index contributed by atoms with van der Waals surface area (Å²) in [6.07, 6.45) is 0.749. The zero-order valence-electron chi connectivity index (χ0n) is 11.1. The van der Waals surface area contributed by atoms with E-state index in [2.05, 4.69) is 4.98 Å². The number of halogens is 2. The highest BCUT2D eigenvalue weighted by molar-refractivity contribution is 6.35. The molecule has 0 bridgehead atoms. The average molecular weight is 323 g/mol. The van der Waals surface area contributed by atoms with Crippen molar-refractivity contribution in [1.29, 1.82) is 0 Å². The van der Waals surface area contributed by atoms with Crippen molar-refractivity contribution in [2.75, 3.05) is 18.1 Å². The molecular formula is C15H12Cl2N2O2. The van der Waals surface area contributed by atoms with Gasteiger partial charge >= 0.3 is 0 Å². The lowest BCUT2D eigenvalue weighted by Crippen LogP contribution is -2.31. The van der Waals surface area contributed by atoms with Crippen LogP contribution in [0.3, 0.4) is 0 Å². The molecule has 1 aliphatic rings. The van der Waals surface area contributed by atoms with Crippen molar-refractivity contribution in [3.8, 4) is 5.75 Å². The van der Waals surface area contributed by atoms with E-state index in [0.717, 1.165) is 12.1 Å². The molecule has 1 amide bonds. The summed E-state index contributed by atoms with van der Waals surface area (Å²) in [5, 5.41) is 0.367. The van der Waals surface area contributed by atoms with Crippen LogP contribution in [-0.4, -0.2) is 24.0 Å². The van der Waals surface area contributed by atoms with E-state index >= 15 is 0 Å². The van der Waals surface area contributed by atoms with E-state index in [1.54, 1.807) is 17.0 Å². The van der Waals surface area contributed by atoms with Crippen LogP contribution in [0.5, 0.6) is 5.75 Å². The first-order valence-corrected chi connectivity index (χ1v) is 7.28. The predicted octanol–water partition coefficient (Wildman–Crippen LogP) is 3.82. The Balaban J connectivity index is 2.01. The molecule has 1 aliphatic heterocycles. The lowest BCUT2D eigenvalue weighted by molar-refractivity contribution is 0.0987. The molecule has 0 aliphatic carbocycles. The average Bonchev–Trinajstić information content (AvgIpc) is 2.69. The summed E-state index contributed by atoms with van der Waals surface area (Å²) in [6.45, 7) is 1.14. The molecule has 0 radical (unpaired) electrons. The Morgan fingerprint density at radius 2 is 2.00 bits per heavy atom. The number of rotatable bonds is 1. The second-order valence-corrected chi connectivity index (χ2v) is 5.34. The van der Waals surface area contributed by atoms with Crippen molar-refractivity contribution in [2.24, 2.45) is 0 Å². The van der Waals surface area contributed by atoms with Crippen molar-refractivity contribution in [3.05, 3.63) is 52.3 Å². The molecule has 0 saturated heterocycles. The van der Waals surface area contributed by atoms with Gasteiger partial charge in [-0.1, -0.05) is 35.3 Å². The number of fused-ring (bicyclic) bond motifs is 1. The maximum absolute atomic E-state index is 12.8. The van der Waals surface area contributed by atoms with Gasteiger partial charge in [-0.05, 0) is 30.7 Å². The number of ether oxygens (including phenoxy) is 1. The van der Waals surface area contributed by atoms with Gasteiger partial charge in [-0.3, -0.25) is 4.79 Å². The van der Waals surface area contributed by atoms with E-state index < -0.39 is 0 Å². The van der Waals surface area contributed by atoms with Gasteiger partial charge in [0, 0.05) is 6.54 Å². The van der Waals surface area contributed by atoms with Crippen LogP contribution < -0.4 is 9.64 Å². The number of para-hydroxylation sites is 2. The van der Waals surface area contributed by atoms with Gasteiger partial charge in [0.2, 0.25) is 0 Å². The Morgan fingerprint density at radius 3 is 2.81 bits per heavy atom. The summed E-state index contributed by atoms with van der Waals surface area (Å²) in [6, 6.07) is 10.6. The first-order chi connectivity index (χ1) is 10.2. The lowest BCUT2D eigenvalue weighted by Gasteiger charge is -2.22. The quantitative estimate of drug-likeness (QED) is 0.749. The maximum Gasteiger partial charge on any atom is 0.261 e. The van der Waals surface area contributed by atoms with Gasteiger partial charge < -0.3 is 9.64 Å². The zero-order chi connectivity index (χ0) is 14.8. The fraction of sp³-hybridized carbons (Fsp3) is 0.200. The Morgan fingerprint density at radius 1 is 1.19 bits per heavy atom. The first-order valence-electron chi connectivity index (χ1n) is 6.52. The third-order valence-corrected chi connectivity index (χ3v) is 3.73. The van der Waals surface area contributed by atoms with E-state index in [9.17, 15) is 4.79 Å². The Labute approximate surface area is 132 Å². The number of hydrogen-bond donors (Lipinski definition) is 0. The molecule has 0 N–H and O–H groups in total. The fourth-order valence-corrected chi connectivity index (χ4v) is 2.68. The molecule has 2 heterocycles. The first kappa shape index (κ1) is 14.2. The summed E-state index contributed by atoms with van der Waals surface area (Å²) >= 11 is 11.8. The second kappa shape index (κ2) is 5.92. The van der Waals surface area contributed by atoms with Crippen molar-refractivity contribution in [2.45, 2.75) is 6.42 Å². The third-order valence-electron chi connectivity index (χ3n) is 3.23. The van der Waals surface area contributed by atoms with Crippen LogP contribution >= 0.6 is 23.2 Å². The SMILES string of the molecule is O=C(c1ccc(Cl)nc1Cl)N1CCCOc2ccccc21. The van der Waals surface area contributed by atoms with Crippen LogP contribution in [0.2, 0.25) is 10.3 Å². The summed E-state index contributed by atoms with van der Waals surface area (Å²) in [7, 11) is 0. The summed E-state index contributed by atoms with van der Waals surface area (Å²) in [4.78, 5) is 18.3. The number of carbonyl (C=O) groups is 1. The van der Waals surface area contributed by atoms with E-state index in [1.165, 1.54) is 0 Å². The zero-order valence-corrected chi connectivity index (χ0v) is 12.6. The van der Waals surface area contributed by atoms with Gasteiger partial charge in [0.1, 0.15) is 16.1 Å². The van der Waals surface area contributed by atoms with E-state index in [1.807, 2.05) is 24.3 Å². The van der Waals surface area contributed by atoms with Crippen molar-refractivity contribution >= 4 is 34.8 Å². The second-order valence-electron chi connectivity index (χ2n) is 4.60. The molecule has 108 valence electrons. The molecule has 0 saturated carbocycles. The lowest BCUT2D eigenvalue weighted by atomic mass is 10.2. The van der Waals surface area contributed by atoms with Crippen LogP contribution in [0, 0.1) is 0 Å². The number of anilines is 1. The van der Waals surface area contributed by atoms with Gasteiger partial charge in [0.15, 0.2) is 0 Å². The predicted molar refractivity (Wildman–Crippen MR) is 82.5 cm³/mol. The molecule has 2 aromatic rings.